The SMILES string of the molecule is Cc1ccc(C2=C(O)C(=O)N(Cc3ccccc3Cl)C2=O)cc1. The highest BCUT2D eigenvalue weighted by Crippen LogP contribution is 2.30. The second-order valence-corrected chi connectivity index (χ2v) is 5.78. The molecule has 23 heavy (non-hydrogen) atoms. The summed E-state index contributed by atoms with van der Waals surface area (Å²) < 4.78 is 0. The first-order valence-corrected chi connectivity index (χ1v) is 7.46. The van der Waals surface area contributed by atoms with Crippen LogP contribution in [0.25, 0.3) is 5.57 Å². The van der Waals surface area contributed by atoms with Gasteiger partial charge in [0.15, 0.2) is 5.76 Å². The lowest BCUT2D eigenvalue weighted by atomic mass is 10.0. The summed E-state index contributed by atoms with van der Waals surface area (Å²) in [4.78, 5) is 25.8. The van der Waals surface area contributed by atoms with E-state index in [1.54, 1.807) is 36.4 Å². The molecule has 0 aliphatic carbocycles. The predicted octanol–water partition coefficient (Wildman–Crippen LogP) is 3.49. The van der Waals surface area contributed by atoms with Gasteiger partial charge in [0.25, 0.3) is 11.8 Å². The van der Waals surface area contributed by atoms with E-state index < -0.39 is 17.6 Å². The summed E-state index contributed by atoms with van der Waals surface area (Å²) in [5.41, 5.74) is 2.22. The molecule has 1 aliphatic heterocycles. The van der Waals surface area contributed by atoms with Crippen molar-refractivity contribution >= 4 is 29.0 Å². The van der Waals surface area contributed by atoms with Gasteiger partial charge in [0.2, 0.25) is 0 Å². The summed E-state index contributed by atoms with van der Waals surface area (Å²) in [6, 6.07) is 14.1. The van der Waals surface area contributed by atoms with Crippen LogP contribution in [0.15, 0.2) is 54.3 Å². The Bertz CT molecular complexity index is 824. The zero-order valence-corrected chi connectivity index (χ0v) is 13.2. The zero-order chi connectivity index (χ0) is 16.6. The first kappa shape index (κ1) is 15.3. The molecule has 1 N–H and O–H groups in total. The number of hydrogen-bond donors (Lipinski definition) is 1. The van der Waals surface area contributed by atoms with Crippen molar-refractivity contribution in [3.05, 3.63) is 76.0 Å². The van der Waals surface area contributed by atoms with Crippen molar-refractivity contribution in [1.29, 1.82) is 0 Å². The Balaban J connectivity index is 1.93. The first-order chi connectivity index (χ1) is 11.0. The van der Waals surface area contributed by atoms with Crippen LogP contribution in [0.2, 0.25) is 5.02 Å². The molecule has 2 amide bonds. The number of hydrogen-bond acceptors (Lipinski definition) is 3. The molecule has 2 aromatic carbocycles. The minimum Gasteiger partial charge on any atom is -0.502 e. The Hall–Kier alpha value is -2.59. The quantitative estimate of drug-likeness (QED) is 0.878. The van der Waals surface area contributed by atoms with Gasteiger partial charge in [-0.15, -0.1) is 0 Å². The van der Waals surface area contributed by atoms with Gasteiger partial charge >= 0.3 is 0 Å². The van der Waals surface area contributed by atoms with Gasteiger partial charge in [-0.25, -0.2) is 0 Å². The van der Waals surface area contributed by atoms with Crippen molar-refractivity contribution < 1.29 is 14.7 Å². The van der Waals surface area contributed by atoms with E-state index in [2.05, 4.69) is 0 Å². The topological polar surface area (TPSA) is 57.6 Å². The molecule has 0 bridgehead atoms. The number of aliphatic hydroxyl groups excluding tert-OH is 1. The van der Waals surface area contributed by atoms with E-state index >= 15 is 0 Å². The minimum atomic E-state index is -0.703. The van der Waals surface area contributed by atoms with Gasteiger partial charge in [0.1, 0.15) is 0 Å². The highest BCUT2D eigenvalue weighted by atomic mass is 35.5. The third-order valence-corrected chi connectivity index (χ3v) is 4.14. The molecular weight excluding hydrogens is 314 g/mol. The van der Waals surface area contributed by atoms with Crippen LogP contribution in [0.5, 0.6) is 0 Å². The summed E-state index contributed by atoms with van der Waals surface area (Å²) in [6.07, 6.45) is 0. The van der Waals surface area contributed by atoms with Crippen LogP contribution in [-0.4, -0.2) is 21.8 Å². The molecule has 0 saturated carbocycles. The van der Waals surface area contributed by atoms with E-state index in [0.29, 0.717) is 16.1 Å². The fraction of sp³-hybridized carbons (Fsp3) is 0.111. The van der Waals surface area contributed by atoms with E-state index in [4.69, 9.17) is 11.6 Å². The lowest BCUT2D eigenvalue weighted by molar-refractivity contribution is -0.138. The number of carbonyl (C=O) groups excluding carboxylic acids is 2. The van der Waals surface area contributed by atoms with Gasteiger partial charge in [0.05, 0.1) is 12.1 Å². The normalized spacial score (nSPS) is 14.8. The molecular formula is C18H14ClNO3. The van der Waals surface area contributed by atoms with Crippen LogP contribution >= 0.6 is 11.6 Å². The Labute approximate surface area is 138 Å². The summed E-state index contributed by atoms with van der Waals surface area (Å²) in [6.45, 7) is 1.94. The van der Waals surface area contributed by atoms with Gasteiger partial charge in [0, 0.05) is 5.02 Å². The van der Waals surface area contributed by atoms with E-state index in [1.165, 1.54) is 0 Å². The molecule has 4 nitrogen and oxygen atoms in total. The summed E-state index contributed by atoms with van der Waals surface area (Å²) in [7, 11) is 0. The summed E-state index contributed by atoms with van der Waals surface area (Å²) in [5, 5.41) is 10.6. The van der Waals surface area contributed by atoms with Gasteiger partial charge < -0.3 is 5.11 Å². The van der Waals surface area contributed by atoms with Crippen molar-refractivity contribution in [2.45, 2.75) is 13.5 Å². The molecule has 0 atom stereocenters. The van der Waals surface area contributed by atoms with Crippen LogP contribution in [0.3, 0.4) is 0 Å². The van der Waals surface area contributed by atoms with Crippen molar-refractivity contribution in [1.82, 2.24) is 4.90 Å². The maximum atomic E-state index is 12.6. The van der Waals surface area contributed by atoms with Gasteiger partial charge in [-0.1, -0.05) is 59.6 Å². The Kier molecular flexibility index (Phi) is 3.92. The average molecular weight is 328 g/mol. The molecule has 1 aliphatic rings. The highest BCUT2D eigenvalue weighted by Gasteiger charge is 2.39. The molecule has 116 valence electrons. The van der Waals surface area contributed by atoms with Gasteiger partial charge in [-0.3, -0.25) is 14.5 Å². The number of aliphatic hydroxyl groups is 1. The van der Waals surface area contributed by atoms with Crippen LogP contribution in [-0.2, 0) is 16.1 Å². The van der Waals surface area contributed by atoms with Gasteiger partial charge in [-0.2, -0.15) is 0 Å². The molecule has 3 rings (SSSR count). The van der Waals surface area contributed by atoms with Crippen molar-refractivity contribution in [3.63, 3.8) is 0 Å². The van der Waals surface area contributed by atoms with Crippen molar-refractivity contribution in [3.8, 4) is 0 Å². The lowest BCUT2D eigenvalue weighted by Gasteiger charge is -2.15. The van der Waals surface area contributed by atoms with Crippen LogP contribution in [0.4, 0.5) is 0 Å². The number of aryl methyl sites for hydroxylation is 1. The largest absolute Gasteiger partial charge is 0.502 e. The molecule has 0 fully saturated rings. The Morgan fingerprint density at radius 3 is 2.30 bits per heavy atom. The minimum absolute atomic E-state index is 0.0246. The predicted molar refractivity (Wildman–Crippen MR) is 87.7 cm³/mol. The Morgan fingerprint density at radius 1 is 1.00 bits per heavy atom. The second-order valence-electron chi connectivity index (χ2n) is 5.38. The molecule has 0 aromatic heterocycles. The number of rotatable bonds is 3. The Morgan fingerprint density at radius 2 is 1.65 bits per heavy atom. The monoisotopic (exact) mass is 327 g/mol. The van der Waals surface area contributed by atoms with E-state index in [0.717, 1.165) is 10.5 Å². The number of halogens is 1. The fourth-order valence-electron chi connectivity index (χ4n) is 2.48. The molecule has 2 aromatic rings. The fourth-order valence-corrected chi connectivity index (χ4v) is 2.68. The second kappa shape index (κ2) is 5.89. The summed E-state index contributed by atoms with van der Waals surface area (Å²) >= 11 is 6.08. The lowest BCUT2D eigenvalue weighted by Crippen LogP contribution is -2.31. The number of benzene rings is 2. The highest BCUT2D eigenvalue weighted by molar-refractivity contribution is 6.35. The number of amides is 2. The molecule has 0 saturated heterocycles. The van der Waals surface area contributed by atoms with E-state index in [9.17, 15) is 14.7 Å². The molecule has 5 heteroatoms. The zero-order valence-electron chi connectivity index (χ0n) is 12.4. The first-order valence-electron chi connectivity index (χ1n) is 7.09. The van der Waals surface area contributed by atoms with Crippen LogP contribution in [0, 0.1) is 6.92 Å². The van der Waals surface area contributed by atoms with Crippen molar-refractivity contribution in [2.75, 3.05) is 0 Å². The number of nitrogens with zero attached hydrogens (tertiary/aromatic N) is 1. The van der Waals surface area contributed by atoms with Gasteiger partial charge in [-0.05, 0) is 24.1 Å². The van der Waals surface area contributed by atoms with E-state index in [-0.39, 0.29) is 12.1 Å². The maximum Gasteiger partial charge on any atom is 0.296 e. The standard InChI is InChI=1S/C18H14ClNO3/c1-11-6-8-12(9-7-11)15-16(21)18(23)20(17(15)22)10-13-4-2-3-5-14(13)19/h2-9,21H,10H2,1H3. The molecule has 0 unspecified atom stereocenters. The smallest absolute Gasteiger partial charge is 0.296 e. The van der Waals surface area contributed by atoms with E-state index in [1.807, 2.05) is 19.1 Å². The van der Waals surface area contributed by atoms with Crippen LogP contribution < -0.4 is 0 Å². The number of carbonyl (C=O) groups is 2. The third-order valence-electron chi connectivity index (χ3n) is 3.77. The molecule has 0 radical (unpaired) electrons. The number of imide groups is 1. The van der Waals surface area contributed by atoms with Crippen molar-refractivity contribution in [2.24, 2.45) is 0 Å². The molecule has 1 heterocycles. The summed E-state index contributed by atoms with van der Waals surface area (Å²) in [5.74, 6) is -1.74. The third kappa shape index (κ3) is 2.73. The maximum absolute atomic E-state index is 12.6. The molecule has 0 spiro atoms. The average Bonchev–Trinajstić information content (AvgIpc) is 2.74. The van der Waals surface area contributed by atoms with Crippen LogP contribution in [0.1, 0.15) is 16.7 Å².